The van der Waals surface area contributed by atoms with Gasteiger partial charge in [0.1, 0.15) is 19.0 Å². The lowest BCUT2D eigenvalue weighted by Gasteiger charge is -2.25. The number of rotatable bonds is 5. The number of aliphatic carboxylic acids is 1. The fraction of sp³-hybridized carbons (Fsp3) is 0.529. The minimum atomic E-state index is -0.756. The Labute approximate surface area is 134 Å². The van der Waals surface area contributed by atoms with Crippen LogP contribution in [0, 0.1) is 0 Å². The summed E-state index contributed by atoms with van der Waals surface area (Å²) in [5.41, 5.74) is 1.92. The number of fused-ring (bicyclic) bond motifs is 2. The highest BCUT2D eigenvalue weighted by Crippen LogP contribution is 2.40. The molecular formula is C17H20N2O4. The van der Waals surface area contributed by atoms with Crippen LogP contribution in [0.1, 0.15) is 43.8 Å². The number of nitrogens with zero attached hydrogens (tertiary/aromatic N) is 2. The van der Waals surface area contributed by atoms with E-state index in [1.54, 1.807) is 0 Å². The van der Waals surface area contributed by atoms with Gasteiger partial charge in [0, 0.05) is 31.0 Å². The number of ether oxygens (including phenoxy) is 2. The lowest BCUT2D eigenvalue weighted by molar-refractivity contribution is -0.137. The highest BCUT2D eigenvalue weighted by atomic mass is 16.6. The Bertz CT molecular complexity index is 749. The van der Waals surface area contributed by atoms with Crippen molar-refractivity contribution >= 4 is 17.0 Å². The van der Waals surface area contributed by atoms with Gasteiger partial charge in [-0.15, -0.1) is 0 Å². The quantitative estimate of drug-likeness (QED) is 0.918. The molecule has 1 aromatic heterocycles. The fourth-order valence-corrected chi connectivity index (χ4v) is 3.28. The first-order chi connectivity index (χ1) is 11.2. The predicted octanol–water partition coefficient (Wildman–Crippen LogP) is 2.94. The molecule has 6 nitrogen and oxygen atoms in total. The molecule has 6 heteroatoms. The molecule has 0 saturated heterocycles. The van der Waals surface area contributed by atoms with Crippen molar-refractivity contribution in [2.24, 2.45) is 0 Å². The van der Waals surface area contributed by atoms with Crippen LogP contribution < -0.4 is 9.47 Å². The maximum atomic E-state index is 10.8. The molecule has 0 amide bonds. The topological polar surface area (TPSA) is 73.6 Å². The third kappa shape index (κ3) is 2.62. The predicted molar refractivity (Wildman–Crippen MR) is 84.2 cm³/mol. The van der Waals surface area contributed by atoms with E-state index in [4.69, 9.17) is 19.6 Å². The molecule has 1 fully saturated rings. The van der Waals surface area contributed by atoms with Crippen LogP contribution in [0.5, 0.6) is 11.5 Å². The second-order valence-electron chi connectivity index (χ2n) is 6.23. The van der Waals surface area contributed by atoms with Gasteiger partial charge in [-0.25, -0.2) is 4.98 Å². The molecular weight excluding hydrogens is 296 g/mol. The molecule has 2 heterocycles. The molecule has 0 radical (unpaired) electrons. The summed E-state index contributed by atoms with van der Waals surface area (Å²) < 4.78 is 13.5. The van der Waals surface area contributed by atoms with Crippen LogP contribution in [-0.4, -0.2) is 33.8 Å². The van der Waals surface area contributed by atoms with Crippen LogP contribution in [0.4, 0.5) is 0 Å². The molecule has 0 spiro atoms. The molecule has 0 unspecified atom stereocenters. The van der Waals surface area contributed by atoms with Crippen LogP contribution in [0.15, 0.2) is 12.1 Å². The molecule has 1 aliphatic carbocycles. The Kier molecular flexibility index (Phi) is 3.59. The summed E-state index contributed by atoms with van der Waals surface area (Å²) in [7, 11) is 0. The summed E-state index contributed by atoms with van der Waals surface area (Å²) in [4.78, 5) is 15.6. The third-order valence-corrected chi connectivity index (χ3v) is 4.68. The van der Waals surface area contributed by atoms with Gasteiger partial charge in [-0.2, -0.15) is 0 Å². The first-order valence-corrected chi connectivity index (χ1v) is 8.24. The number of aryl methyl sites for hydroxylation is 1. The van der Waals surface area contributed by atoms with Crippen molar-refractivity contribution in [2.75, 3.05) is 13.2 Å². The van der Waals surface area contributed by atoms with Crippen molar-refractivity contribution in [1.29, 1.82) is 0 Å². The zero-order valence-corrected chi connectivity index (χ0v) is 13.0. The smallest absolute Gasteiger partial charge is 0.303 e. The second-order valence-corrected chi connectivity index (χ2v) is 6.23. The van der Waals surface area contributed by atoms with Crippen molar-refractivity contribution in [1.82, 2.24) is 9.55 Å². The van der Waals surface area contributed by atoms with Gasteiger partial charge in [0.15, 0.2) is 11.5 Å². The Morgan fingerprint density at radius 2 is 2.00 bits per heavy atom. The Balaban J connectivity index is 1.74. The van der Waals surface area contributed by atoms with Crippen LogP contribution in [-0.2, 0) is 11.3 Å². The summed E-state index contributed by atoms with van der Waals surface area (Å²) in [5, 5.41) is 8.89. The van der Waals surface area contributed by atoms with E-state index in [0.717, 1.165) is 41.2 Å². The number of hydrogen-bond acceptors (Lipinski definition) is 4. The monoisotopic (exact) mass is 316 g/mol. The van der Waals surface area contributed by atoms with E-state index in [0.29, 0.717) is 32.1 Å². The molecule has 2 aliphatic rings. The molecule has 2 aromatic rings. The molecule has 1 aromatic carbocycles. The Morgan fingerprint density at radius 1 is 1.26 bits per heavy atom. The van der Waals surface area contributed by atoms with Gasteiger partial charge < -0.3 is 19.1 Å². The van der Waals surface area contributed by atoms with Gasteiger partial charge in [0.2, 0.25) is 0 Å². The second kappa shape index (κ2) is 5.76. The van der Waals surface area contributed by atoms with Crippen LogP contribution in [0.2, 0.25) is 0 Å². The zero-order chi connectivity index (χ0) is 15.8. The lowest BCUT2D eigenvalue weighted by Crippen LogP contribution is -2.16. The average molecular weight is 316 g/mol. The number of imidazole rings is 1. The summed E-state index contributed by atoms with van der Waals surface area (Å²) in [6.07, 6.45) is 4.35. The average Bonchev–Trinajstić information content (AvgIpc) is 2.80. The molecule has 0 atom stereocenters. The normalized spacial score (nSPS) is 17.2. The fourth-order valence-electron chi connectivity index (χ4n) is 3.28. The van der Waals surface area contributed by atoms with E-state index in [2.05, 4.69) is 4.57 Å². The van der Waals surface area contributed by atoms with E-state index in [9.17, 15) is 4.79 Å². The standard InChI is InChI=1S/C17H20N2O4/c20-16(21)5-2-6-19-13-10-15-14(22-7-8-23-15)9-12(13)18-17(19)11-3-1-4-11/h9-11H,1-8H2,(H,20,21). The molecule has 1 saturated carbocycles. The van der Waals surface area contributed by atoms with Crippen molar-refractivity contribution in [3.8, 4) is 11.5 Å². The van der Waals surface area contributed by atoms with Crippen LogP contribution >= 0.6 is 0 Å². The number of carboxylic acid groups (broad SMARTS) is 1. The van der Waals surface area contributed by atoms with E-state index in [1.807, 2.05) is 12.1 Å². The highest BCUT2D eigenvalue weighted by Gasteiger charge is 2.27. The van der Waals surface area contributed by atoms with Gasteiger partial charge >= 0.3 is 5.97 Å². The molecule has 1 N–H and O–H groups in total. The number of carbonyl (C=O) groups is 1. The molecule has 0 bridgehead atoms. The van der Waals surface area contributed by atoms with E-state index in [-0.39, 0.29) is 6.42 Å². The van der Waals surface area contributed by atoms with Gasteiger partial charge in [0.05, 0.1) is 11.0 Å². The Morgan fingerprint density at radius 3 is 2.65 bits per heavy atom. The minimum absolute atomic E-state index is 0.175. The van der Waals surface area contributed by atoms with E-state index in [1.165, 1.54) is 6.42 Å². The van der Waals surface area contributed by atoms with Crippen molar-refractivity contribution in [3.63, 3.8) is 0 Å². The van der Waals surface area contributed by atoms with E-state index >= 15 is 0 Å². The largest absolute Gasteiger partial charge is 0.486 e. The highest BCUT2D eigenvalue weighted by molar-refractivity contribution is 5.81. The van der Waals surface area contributed by atoms with Crippen LogP contribution in [0.25, 0.3) is 11.0 Å². The number of benzene rings is 1. The first-order valence-electron chi connectivity index (χ1n) is 8.24. The first kappa shape index (κ1) is 14.4. The molecule has 122 valence electrons. The molecule has 23 heavy (non-hydrogen) atoms. The van der Waals surface area contributed by atoms with Crippen molar-refractivity contribution in [2.45, 2.75) is 44.6 Å². The minimum Gasteiger partial charge on any atom is -0.486 e. The van der Waals surface area contributed by atoms with Gasteiger partial charge in [-0.3, -0.25) is 4.79 Å². The van der Waals surface area contributed by atoms with Crippen molar-refractivity contribution < 1.29 is 19.4 Å². The summed E-state index contributed by atoms with van der Waals surface area (Å²) in [6.45, 7) is 1.79. The van der Waals surface area contributed by atoms with Crippen molar-refractivity contribution in [3.05, 3.63) is 18.0 Å². The Hall–Kier alpha value is -2.24. The number of aromatic nitrogens is 2. The van der Waals surface area contributed by atoms with Crippen LogP contribution in [0.3, 0.4) is 0 Å². The maximum absolute atomic E-state index is 10.8. The summed E-state index contributed by atoms with van der Waals surface area (Å²) in [5.74, 6) is 2.32. The summed E-state index contributed by atoms with van der Waals surface area (Å²) in [6, 6.07) is 3.93. The molecule has 1 aliphatic heterocycles. The third-order valence-electron chi connectivity index (χ3n) is 4.68. The molecule has 4 rings (SSSR count). The summed E-state index contributed by atoms with van der Waals surface area (Å²) >= 11 is 0. The maximum Gasteiger partial charge on any atom is 0.303 e. The van der Waals surface area contributed by atoms with Gasteiger partial charge in [-0.1, -0.05) is 6.42 Å². The van der Waals surface area contributed by atoms with E-state index < -0.39 is 5.97 Å². The lowest BCUT2D eigenvalue weighted by atomic mass is 9.85. The number of hydrogen-bond donors (Lipinski definition) is 1. The SMILES string of the molecule is O=C(O)CCCn1c(C2CCC2)nc2cc3c(cc21)OCCO3. The number of carboxylic acids is 1. The van der Waals surface area contributed by atoms with Gasteiger partial charge in [0.25, 0.3) is 0 Å². The van der Waals surface area contributed by atoms with Gasteiger partial charge in [-0.05, 0) is 19.3 Å². The zero-order valence-electron chi connectivity index (χ0n) is 13.0.